The monoisotopic (exact) mass is 423 g/mol. The van der Waals surface area contributed by atoms with Gasteiger partial charge in [0, 0.05) is 29.8 Å². The predicted molar refractivity (Wildman–Crippen MR) is 106 cm³/mol. The molecule has 3 aromatic rings. The van der Waals surface area contributed by atoms with Gasteiger partial charge in [0.05, 0.1) is 4.92 Å². The quantitative estimate of drug-likeness (QED) is 0.341. The summed E-state index contributed by atoms with van der Waals surface area (Å²) in [7, 11) is 0. The Hall–Kier alpha value is -4.33. The molecule has 11 nitrogen and oxygen atoms in total. The Bertz CT molecular complexity index is 1240. The van der Waals surface area contributed by atoms with Crippen LogP contribution in [0, 0.1) is 35.3 Å². The van der Waals surface area contributed by atoms with Crippen molar-refractivity contribution in [2.24, 2.45) is 0 Å². The first-order valence-electron chi connectivity index (χ1n) is 9.15. The van der Waals surface area contributed by atoms with Crippen LogP contribution in [0.1, 0.15) is 34.7 Å². The highest BCUT2D eigenvalue weighted by atomic mass is 16.6. The molecule has 1 aromatic carbocycles. The zero-order chi connectivity index (χ0) is 22.5. The lowest BCUT2D eigenvalue weighted by atomic mass is 9.99. The van der Waals surface area contributed by atoms with Gasteiger partial charge in [0.1, 0.15) is 11.6 Å². The first kappa shape index (κ1) is 21.4. The number of nitrogens with zero attached hydrogens (tertiary/aromatic N) is 4. The van der Waals surface area contributed by atoms with Crippen molar-refractivity contribution < 1.29 is 18.9 Å². The van der Waals surface area contributed by atoms with Gasteiger partial charge in [0.25, 0.3) is 17.1 Å². The number of esters is 1. The van der Waals surface area contributed by atoms with E-state index in [4.69, 9.17) is 14.4 Å². The van der Waals surface area contributed by atoms with Gasteiger partial charge >= 0.3 is 5.97 Å². The molecule has 158 valence electrons. The minimum absolute atomic E-state index is 0.0265. The number of nitrogens with one attached hydrogen (secondary N) is 1. The molecule has 0 aliphatic carbocycles. The zero-order valence-corrected chi connectivity index (χ0v) is 16.7. The van der Waals surface area contributed by atoms with Crippen LogP contribution in [0.2, 0.25) is 0 Å². The van der Waals surface area contributed by atoms with E-state index in [1.54, 1.807) is 13.8 Å². The highest BCUT2D eigenvalue weighted by molar-refractivity contribution is 5.70. The molecule has 0 aliphatic rings. The summed E-state index contributed by atoms with van der Waals surface area (Å²) in [6, 6.07) is 7.46. The van der Waals surface area contributed by atoms with Crippen molar-refractivity contribution in [3.8, 4) is 17.5 Å². The van der Waals surface area contributed by atoms with E-state index in [1.165, 1.54) is 24.3 Å². The number of pyridine rings is 1. The van der Waals surface area contributed by atoms with Crippen LogP contribution in [0.4, 0.5) is 5.69 Å². The van der Waals surface area contributed by atoms with Crippen molar-refractivity contribution in [2.75, 3.05) is 0 Å². The Labute approximate surface area is 175 Å². The fraction of sp³-hybridized carbons (Fsp3) is 0.250. The van der Waals surface area contributed by atoms with Crippen LogP contribution < -0.4 is 5.56 Å². The number of hydrogen-bond donors (Lipinski definition) is 1. The van der Waals surface area contributed by atoms with E-state index in [0.717, 1.165) is 0 Å². The molecular weight excluding hydrogens is 406 g/mol. The fourth-order valence-electron chi connectivity index (χ4n) is 3.02. The molecule has 0 bridgehead atoms. The van der Waals surface area contributed by atoms with Gasteiger partial charge in [-0.25, -0.2) is 0 Å². The molecule has 0 spiro atoms. The number of aromatic nitrogens is 3. The van der Waals surface area contributed by atoms with E-state index in [9.17, 15) is 19.7 Å². The van der Waals surface area contributed by atoms with Crippen LogP contribution >= 0.6 is 0 Å². The third-order valence-corrected chi connectivity index (χ3v) is 4.65. The summed E-state index contributed by atoms with van der Waals surface area (Å²) in [5, 5.41) is 27.5. The number of aryl methyl sites for hydroxylation is 1. The van der Waals surface area contributed by atoms with Gasteiger partial charge in [-0.05, 0) is 43.5 Å². The van der Waals surface area contributed by atoms with Gasteiger partial charge in [-0.15, -0.1) is 10.2 Å². The Balaban J connectivity index is 1.58. The molecule has 1 N–H and O–H groups in total. The number of nitriles is 1. The third-order valence-electron chi connectivity index (χ3n) is 4.65. The van der Waals surface area contributed by atoms with Crippen molar-refractivity contribution in [3.63, 3.8) is 0 Å². The average Bonchev–Trinajstić information content (AvgIpc) is 3.21. The number of rotatable bonds is 7. The van der Waals surface area contributed by atoms with E-state index in [-0.39, 0.29) is 36.1 Å². The van der Waals surface area contributed by atoms with Crippen molar-refractivity contribution in [1.82, 2.24) is 15.2 Å². The molecule has 0 unspecified atom stereocenters. The number of nitro benzene ring substituents is 1. The molecule has 31 heavy (non-hydrogen) atoms. The maximum absolute atomic E-state index is 12.1. The molecule has 0 saturated carbocycles. The van der Waals surface area contributed by atoms with Crippen molar-refractivity contribution in [2.45, 2.75) is 33.3 Å². The lowest BCUT2D eigenvalue weighted by Crippen LogP contribution is -2.17. The van der Waals surface area contributed by atoms with Crippen LogP contribution in [-0.2, 0) is 22.6 Å². The van der Waals surface area contributed by atoms with E-state index >= 15 is 0 Å². The second kappa shape index (κ2) is 9.00. The molecule has 0 atom stereocenters. The average molecular weight is 423 g/mol. The summed E-state index contributed by atoms with van der Waals surface area (Å²) in [6.07, 6.45) is 0.321. The van der Waals surface area contributed by atoms with Crippen LogP contribution in [0.15, 0.2) is 33.5 Å². The van der Waals surface area contributed by atoms with Gasteiger partial charge in [-0.1, -0.05) is 0 Å². The van der Waals surface area contributed by atoms with E-state index in [2.05, 4.69) is 15.2 Å². The van der Waals surface area contributed by atoms with Crippen LogP contribution in [0.3, 0.4) is 0 Å². The van der Waals surface area contributed by atoms with Gasteiger partial charge in [-0.2, -0.15) is 5.26 Å². The topological polar surface area (TPSA) is 165 Å². The maximum Gasteiger partial charge on any atom is 0.306 e. The summed E-state index contributed by atoms with van der Waals surface area (Å²) >= 11 is 0. The summed E-state index contributed by atoms with van der Waals surface area (Å²) < 4.78 is 10.6. The van der Waals surface area contributed by atoms with E-state index in [1.807, 2.05) is 6.07 Å². The largest absolute Gasteiger partial charge is 0.456 e. The van der Waals surface area contributed by atoms with Crippen molar-refractivity contribution in [3.05, 3.63) is 73.0 Å². The molecule has 0 saturated heterocycles. The van der Waals surface area contributed by atoms with Gasteiger partial charge < -0.3 is 14.1 Å². The minimum Gasteiger partial charge on any atom is -0.456 e. The molecule has 0 radical (unpaired) electrons. The summed E-state index contributed by atoms with van der Waals surface area (Å²) in [5.41, 5.74) is 1.86. The third kappa shape index (κ3) is 4.81. The Morgan fingerprint density at radius 3 is 2.65 bits per heavy atom. The number of aromatic amines is 1. The molecule has 0 aliphatic heterocycles. The van der Waals surface area contributed by atoms with Crippen molar-refractivity contribution in [1.29, 1.82) is 5.26 Å². The summed E-state index contributed by atoms with van der Waals surface area (Å²) in [4.78, 5) is 36.7. The lowest BCUT2D eigenvalue weighted by Gasteiger charge is -2.10. The van der Waals surface area contributed by atoms with Crippen LogP contribution in [0.25, 0.3) is 11.5 Å². The number of carbonyl (C=O) groups excluding carboxylic acids is 1. The highest BCUT2D eigenvalue weighted by Crippen LogP contribution is 2.21. The number of carbonyl (C=O) groups is 1. The molecule has 3 rings (SSSR count). The number of H-pyrrole nitrogens is 1. The fourth-order valence-corrected chi connectivity index (χ4v) is 3.02. The normalized spacial score (nSPS) is 10.5. The molecule has 2 aromatic heterocycles. The smallest absolute Gasteiger partial charge is 0.306 e. The Morgan fingerprint density at radius 1 is 1.29 bits per heavy atom. The number of benzene rings is 1. The number of nitro groups is 1. The molecule has 2 heterocycles. The van der Waals surface area contributed by atoms with Crippen molar-refractivity contribution >= 4 is 11.7 Å². The molecule has 0 amide bonds. The first-order valence-corrected chi connectivity index (χ1v) is 9.15. The second-order valence-corrected chi connectivity index (χ2v) is 6.64. The van der Waals surface area contributed by atoms with Gasteiger partial charge in [-0.3, -0.25) is 19.7 Å². The standard InChI is InChI=1S/C20H17N5O6/c1-11-15(12(2)22-19(27)16(11)9-21)7-8-18(26)30-10-17-23-24-20(31-17)13-3-5-14(6-4-13)25(28)29/h3-6H,7-8,10H2,1-2H3,(H,22,27). The van der Waals surface area contributed by atoms with E-state index < -0.39 is 16.5 Å². The Morgan fingerprint density at radius 2 is 2.00 bits per heavy atom. The predicted octanol–water partition coefficient (Wildman–Crippen LogP) is 2.50. The number of non-ortho nitro benzene ring substituents is 1. The summed E-state index contributed by atoms with van der Waals surface area (Å²) in [5.74, 6) is -0.298. The van der Waals surface area contributed by atoms with E-state index in [0.29, 0.717) is 28.8 Å². The maximum atomic E-state index is 12.1. The number of hydrogen-bond acceptors (Lipinski definition) is 9. The van der Waals surface area contributed by atoms with Gasteiger partial charge in [0.2, 0.25) is 5.89 Å². The first-order chi connectivity index (χ1) is 14.8. The number of ether oxygens (including phenoxy) is 1. The molecule has 0 fully saturated rings. The molecule has 11 heteroatoms. The lowest BCUT2D eigenvalue weighted by molar-refractivity contribution is -0.384. The zero-order valence-electron chi connectivity index (χ0n) is 16.7. The highest BCUT2D eigenvalue weighted by Gasteiger charge is 2.15. The van der Waals surface area contributed by atoms with Gasteiger partial charge in [0.15, 0.2) is 6.61 Å². The van der Waals surface area contributed by atoms with Crippen LogP contribution in [-0.4, -0.2) is 26.1 Å². The summed E-state index contributed by atoms with van der Waals surface area (Å²) in [6.45, 7) is 3.14. The molecular formula is C20H17N5O6. The SMILES string of the molecule is Cc1[nH]c(=O)c(C#N)c(C)c1CCC(=O)OCc1nnc(-c2ccc([N+](=O)[O-])cc2)o1. The minimum atomic E-state index is -0.515. The second-order valence-electron chi connectivity index (χ2n) is 6.64. The van der Waals surface area contributed by atoms with Crippen LogP contribution in [0.5, 0.6) is 0 Å². The Kier molecular flexibility index (Phi) is 6.21.